The first kappa shape index (κ1) is 14.3. The predicted molar refractivity (Wildman–Crippen MR) is 77.7 cm³/mol. The zero-order chi connectivity index (χ0) is 14.1. The van der Waals surface area contributed by atoms with Crippen molar-refractivity contribution in [3.8, 4) is 0 Å². The molecule has 0 aliphatic heterocycles. The van der Waals surface area contributed by atoms with Crippen LogP contribution in [0.3, 0.4) is 0 Å². The molecule has 0 saturated heterocycles. The second kappa shape index (κ2) is 5.13. The van der Waals surface area contributed by atoms with Gasteiger partial charge in [-0.1, -0.05) is 13.8 Å². The van der Waals surface area contributed by atoms with Crippen LogP contribution in [0.25, 0.3) is 0 Å². The maximum absolute atomic E-state index is 12.1. The van der Waals surface area contributed by atoms with Gasteiger partial charge in [-0.2, -0.15) is 0 Å². The Morgan fingerprint density at radius 1 is 1.26 bits per heavy atom. The molecule has 1 fully saturated rings. The third kappa shape index (κ3) is 3.48. The van der Waals surface area contributed by atoms with Gasteiger partial charge >= 0.3 is 0 Å². The summed E-state index contributed by atoms with van der Waals surface area (Å²) in [7, 11) is -3.38. The third-order valence-electron chi connectivity index (χ3n) is 3.78. The topological polar surface area (TPSA) is 58.2 Å². The summed E-state index contributed by atoms with van der Waals surface area (Å²) in [6, 6.07) is 6.86. The molecule has 1 aromatic carbocycles. The highest BCUT2D eigenvalue weighted by molar-refractivity contribution is 7.89. The van der Waals surface area contributed by atoms with Crippen LogP contribution in [0.15, 0.2) is 29.2 Å². The Morgan fingerprint density at radius 2 is 1.84 bits per heavy atom. The number of benzene rings is 1. The summed E-state index contributed by atoms with van der Waals surface area (Å²) < 4.78 is 26.9. The van der Waals surface area contributed by atoms with E-state index in [1.165, 1.54) is 0 Å². The molecule has 1 atom stereocenters. The van der Waals surface area contributed by atoms with E-state index in [0.717, 1.165) is 18.7 Å². The number of sulfonamides is 1. The zero-order valence-electron chi connectivity index (χ0n) is 11.7. The zero-order valence-corrected chi connectivity index (χ0v) is 12.5. The molecule has 106 valence electrons. The van der Waals surface area contributed by atoms with Crippen molar-refractivity contribution in [2.75, 3.05) is 18.4 Å². The summed E-state index contributed by atoms with van der Waals surface area (Å²) in [6.45, 7) is 7.68. The molecule has 0 amide bonds. The van der Waals surface area contributed by atoms with Crippen LogP contribution >= 0.6 is 0 Å². The summed E-state index contributed by atoms with van der Waals surface area (Å²) in [6.07, 6.45) is 1.09. The highest BCUT2D eigenvalue weighted by Crippen LogP contribution is 2.51. The largest absolute Gasteiger partial charge is 0.385 e. The Labute approximate surface area is 115 Å². The lowest BCUT2D eigenvalue weighted by atomic mass is 10.1. The Balaban J connectivity index is 1.99. The molecular formula is C14H22N2O2S. The molecule has 1 unspecified atom stereocenters. The molecule has 2 rings (SSSR count). The quantitative estimate of drug-likeness (QED) is 0.842. The summed E-state index contributed by atoms with van der Waals surface area (Å²) >= 11 is 0. The van der Waals surface area contributed by atoms with E-state index in [-0.39, 0.29) is 5.41 Å². The van der Waals surface area contributed by atoms with E-state index in [1.54, 1.807) is 24.3 Å². The second-order valence-electron chi connectivity index (χ2n) is 5.80. The number of nitrogens with one attached hydrogen (secondary N) is 2. The first-order valence-corrected chi connectivity index (χ1v) is 8.17. The molecular weight excluding hydrogens is 260 g/mol. The molecule has 5 heteroatoms. The van der Waals surface area contributed by atoms with Crippen molar-refractivity contribution in [2.24, 2.45) is 11.3 Å². The minimum absolute atomic E-state index is 0.289. The highest BCUT2D eigenvalue weighted by atomic mass is 32.2. The van der Waals surface area contributed by atoms with E-state index in [2.05, 4.69) is 23.9 Å². The first-order valence-electron chi connectivity index (χ1n) is 6.69. The normalized spacial score (nSPS) is 21.1. The van der Waals surface area contributed by atoms with Gasteiger partial charge in [0.1, 0.15) is 0 Å². The number of hydrogen-bond acceptors (Lipinski definition) is 3. The van der Waals surface area contributed by atoms with Gasteiger partial charge in [-0.3, -0.25) is 0 Å². The molecule has 1 aliphatic carbocycles. The van der Waals surface area contributed by atoms with Gasteiger partial charge in [0.25, 0.3) is 0 Å². The number of anilines is 1. The number of rotatable bonds is 6. The molecule has 19 heavy (non-hydrogen) atoms. The molecule has 1 aromatic rings. The standard InChI is InChI=1S/C14H22N2O2S/c1-4-15-12-5-7-13(8-6-12)19(17,18)16-10-11-9-14(11,2)3/h5-8,11,15-16H,4,9-10H2,1-3H3. The Hall–Kier alpha value is -1.07. The van der Waals surface area contributed by atoms with Gasteiger partial charge in [0.2, 0.25) is 10.0 Å². The maximum Gasteiger partial charge on any atom is 0.240 e. The van der Waals surface area contributed by atoms with Crippen LogP contribution in [-0.2, 0) is 10.0 Å². The predicted octanol–water partition coefficient (Wildman–Crippen LogP) is 2.44. The van der Waals surface area contributed by atoms with Crippen LogP contribution in [0.5, 0.6) is 0 Å². The minimum atomic E-state index is -3.38. The average Bonchev–Trinajstić information content (AvgIpc) is 2.96. The maximum atomic E-state index is 12.1. The van der Waals surface area contributed by atoms with Gasteiger partial charge in [0.05, 0.1) is 4.90 Å². The van der Waals surface area contributed by atoms with Crippen LogP contribution in [0.1, 0.15) is 27.2 Å². The van der Waals surface area contributed by atoms with Gasteiger partial charge < -0.3 is 5.32 Å². The van der Waals surface area contributed by atoms with E-state index in [9.17, 15) is 8.42 Å². The van der Waals surface area contributed by atoms with E-state index in [1.807, 2.05) is 6.92 Å². The minimum Gasteiger partial charge on any atom is -0.385 e. The molecule has 2 N–H and O–H groups in total. The summed E-state index contributed by atoms with van der Waals surface area (Å²) in [4.78, 5) is 0.326. The lowest BCUT2D eigenvalue weighted by molar-refractivity contribution is 0.537. The average molecular weight is 282 g/mol. The van der Waals surface area contributed by atoms with Crippen LogP contribution in [0, 0.1) is 11.3 Å². The fraction of sp³-hybridized carbons (Fsp3) is 0.571. The first-order chi connectivity index (χ1) is 8.85. The summed E-state index contributed by atoms with van der Waals surface area (Å²) in [5.74, 6) is 0.461. The molecule has 0 heterocycles. The smallest absolute Gasteiger partial charge is 0.240 e. The molecule has 0 spiro atoms. The van der Waals surface area contributed by atoms with Crippen molar-refractivity contribution in [3.05, 3.63) is 24.3 Å². The van der Waals surface area contributed by atoms with Crippen molar-refractivity contribution >= 4 is 15.7 Å². The Kier molecular flexibility index (Phi) is 3.87. The Bertz CT molecular complexity index is 535. The van der Waals surface area contributed by atoms with Crippen molar-refractivity contribution < 1.29 is 8.42 Å². The highest BCUT2D eigenvalue weighted by Gasteiger charge is 2.45. The van der Waals surface area contributed by atoms with Gasteiger partial charge in [-0.25, -0.2) is 13.1 Å². The fourth-order valence-corrected chi connectivity index (χ4v) is 3.26. The van der Waals surface area contributed by atoms with Crippen LogP contribution < -0.4 is 10.0 Å². The van der Waals surface area contributed by atoms with Crippen molar-refractivity contribution in [1.29, 1.82) is 0 Å². The molecule has 4 nitrogen and oxygen atoms in total. The van der Waals surface area contributed by atoms with E-state index < -0.39 is 10.0 Å². The van der Waals surface area contributed by atoms with Crippen LogP contribution in [-0.4, -0.2) is 21.5 Å². The molecule has 1 saturated carbocycles. The van der Waals surface area contributed by atoms with Gasteiger partial charge in [-0.05, 0) is 48.9 Å². The summed E-state index contributed by atoms with van der Waals surface area (Å²) in [5.41, 5.74) is 1.22. The monoisotopic (exact) mass is 282 g/mol. The molecule has 0 aromatic heterocycles. The van der Waals surface area contributed by atoms with Crippen molar-refractivity contribution in [3.63, 3.8) is 0 Å². The van der Waals surface area contributed by atoms with Crippen LogP contribution in [0.2, 0.25) is 0 Å². The van der Waals surface area contributed by atoms with E-state index in [4.69, 9.17) is 0 Å². The van der Waals surface area contributed by atoms with Gasteiger partial charge in [0.15, 0.2) is 0 Å². The van der Waals surface area contributed by atoms with Crippen LogP contribution in [0.4, 0.5) is 5.69 Å². The Morgan fingerprint density at radius 3 is 2.32 bits per heavy atom. The third-order valence-corrected chi connectivity index (χ3v) is 5.22. The van der Waals surface area contributed by atoms with E-state index >= 15 is 0 Å². The van der Waals surface area contributed by atoms with Gasteiger partial charge in [0, 0.05) is 18.8 Å². The summed E-state index contributed by atoms with van der Waals surface area (Å²) in [5, 5.41) is 3.14. The fourth-order valence-electron chi connectivity index (χ4n) is 2.17. The van der Waals surface area contributed by atoms with Crippen molar-refractivity contribution in [1.82, 2.24) is 4.72 Å². The molecule has 0 bridgehead atoms. The lowest BCUT2D eigenvalue weighted by Gasteiger charge is -2.09. The number of hydrogen-bond donors (Lipinski definition) is 2. The van der Waals surface area contributed by atoms with E-state index in [0.29, 0.717) is 17.4 Å². The molecule has 0 radical (unpaired) electrons. The lowest BCUT2D eigenvalue weighted by Crippen LogP contribution is -2.26. The molecule has 1 aliphatic rings. The van der Waals surface area contributed by atoms with Gasteiger partial charge in [-0.15, -0.1) is 0 Å². The van der Waals surface area contributed by atoms with Crippen molar-refractivity contribution in [2.45, 2.75) is 32.1 Å². The second-order valence-corrected chi connectivity index (χ2v) is 7.56. The SMILES string of the molecule is CCNc1ccc(S(=O)(=O)NCC2CC2(C)C)cc1.